The van der Waals surface area contributed by atoms with E-state index in [1.165, 1.54) is 6.07 Å². The number of pyridine rings is 1. The van der Waals surface area contributed by atoms with Crippen LogP contribution in [0.1, 0.15) is 31.4 Å². The first-order valence-electron chi connectivity index (χ1n) is 7.06. The number of aryl methyl sites for hydroxylation is 1. The minimum absolute atomic E-state index is 0.0371. The zero-order valence-electron chi connectivity index (χ0n) is 12.0. The number of nitrogens with zero attached hydrogens (tertiary/aromatic N) is 3. The Bertz CT molecular complexity index is 539. The molecule has 0 amide bonds. The summed E-state index contributed by atoms with van der Waals surface area (Å²) >= 11 is 0. The molecule has 1 N–H and O–H groups in total. The van der Waals surface area contributed by atoms with Gasteiger partial charge in [0.05, 0.1) is 4.92 Å². The third-order valence-electron chi connectivity index (χ3n) is 3.94. The summed E-state index contributed by atoms with van der Waals surface area (Å²) in [7, 11) is 0. The average molecular weight is 293 g/mol. The molecular formula is C14H19N3O4. The van der Waals surface area contributed by atoms with E-state index in [2.05, 4.69) is 9.88 Å². The summed E-state index contributed by atoms with van der Waals surface area (Å²) < 4.78 is 0. The summed E-state index contributed by atoms with van der Waals surface area (Å²) in [4.78, 5) is 27.3. The molecule has 2 rings (SSSR count). The lowest BCUT2D eigenvalue weighted by molar-refractivity contribution is -0.385. The van der Waals surface area contributed by atoms with Crippen LogP contribution in [0, 0.1) is 23.0 Å². The van der Waals surface area contributed by atoms with Crippen molar-refractivity contribution in [2.45, 2.75) is 32.6 Å². The topological polar surface area (TPSA) is 96.6 Å². The van der Waals surface area contributed by atoms with Gasteiger partial charge >= 0.3 is 5.97 Å². The van der Waals surface area contributed by atoms with E-state index in [1.54, 1.807) is 13.0 Å². The summed E-state index contributed by atoms with van der Waals surface area (Å²) in [6.07, 6.45) is 2.81. The lowest BCUT2D eigenvalue weighted by atomic mass is 9.92. The van der Waals surface area contributed by atoms with Crippen LogP contribution in [0.5, 0.6) is 0 Å². The second-order valence-electron chi connectivity index (χ2n) is 5.39. The van der Waals surface area contributed by atoms with Gasteiger partial charge in [0.1, 0.15) is 11.5 Å². The Labute approximate surface area is 122 Å². The van der Waals surface area contributed by atoms with Gasteiger partial charge in [0.25, 0.3) is 5.69 Å². The van der Waals surface area contributed by atoms with Crippen molar-refractivity contribution in [2.24, 2.45) is 5.92 Å². The molecule has 0 atom stereocenters. The molecular weight excluding hydrogens is 274 g/mol. The molecule has 0 saturated carbocycles. The molecule has 7 nitrogen and oxygen atoms in total. The largest absolute Gasteiger partial charge is 0.481 e. The van der Waals surface area contributed by atoms with Gasteiger partial charge in [-0.3, -0.25) is 14.9 Å². The Morgan fingerprint density at radius 2 is 2.14 bits per heavy atom. The van der Waals surface area contributed by atoms with Crippen LogP contribution in [0.15, 0.2) is 12.1 Å². The number of anilines is 1. The number of rotatable bonds is 5. The van der Waals surface area contributed by atoms with Gasteiger partial charge in [-0.2, -0.15) is 0 Å². The number of carbonyl (C=O) groups is 1. The fourth-order valence-electron chi connectivity index (χ4n) is 2.69. The Balaban J connectivity index is 1.94. The fraction of sp³-hybridized carbons (Fsp3) is 0.571. The van der Waals surface area contributed by atoms with Crippen molar-refractivity contribution in [3.8, 4) is 0 Å². The number of carboxylic acids is 1. The van der Waals surface area contributed by atoms with Gasteiger partial charge in [-0.1, -0.05) is 0 Å². The summed E-state index contributed by atoms with van der Waals surface area (Å²) in [5.41, 5.74) is 0.459. The number of hydrogen-bond acceptors (Lipinski definition) is 5. The Morgan fingerprint density at radius 1 is 1.48 bits per heavy atom. The van der Waals surface area contributed by atoms with Gasteiger partial charge in [0.15, 0.2) is 0 Å². The first kappa shape index (κ1) is 15.2. The first-order chi connectivity index (χ1) is 9.97. The standard InChI is InChI=1S/C14H19N3O4/c1-10-12(17(20)21)3-4-13(15-10)16-8-6-11(7-9-16)2-5-14(18)19/h3-4,11H,2,5-9H2,1H3,(H,18,19). The molecule has 0 aromatic carbocycles. The maximum absolute atomic E-state index is 10.8. The number of nitro groups is 1. The maximum Gasteiger partial charge on any atom is 0.303 e. The molecule has 1 fully saturated rings. The molecule has 1 aliphatic rings. The van der Waals surface area contributed by atoms with Crippen LogP contribution in [0.2, 0.25) is 0 Å². The Morgan fingerprint density at radius 3 is 2.67 bits per heavy atom. The van der Waals surface area contributed by atoms with Crippen LogP contribution in [0.4, 0.5) is 11.5 Å². The highest BCUT2D eigenvalue weighted by molar-refractivity contribution is 5.66. The lowest BCUT2D eigenvalue weighted by Crippen LogP contribution is -2.34. The predicted molar refractivity (Wildman–Crippen MR) is 77.4 cm³/mol. The Kier molecular flexibility index (Phi) is 4.72. The molecule has 7 heteroatoms. The number of piperidine rings is 1. The normalized spacial score (nSPS) is 16.0. The molecule has 1 aromatic rings. The molecule has 1 aromatic heterocycles. The highest BCUT2D eigenvalue weighted by Gasteiger charge is 2.22. The van der Waals surface area contributed by atoms with Crippen LogP contribution < -0.4 is 4.90 Å². The van der Waals surface area contributed by atoms with E-state index in [0.29, 0.717) is 11.6 Å². The van der Waals surface area contributed by atoms with E-state index in [1.807, 2.05) is 0 Å². The van der Waals surface area contributed by atoms with Crippen molar-refractivity contribution < 1.29 is 14.8 Å². The van der Waals surface area contributed by atoms with Crippen LogP contribution >= 0.6 is 0 Å². The number of carboxylic acid groups (broad SMARTS) is 1. The van der Waals surface area contributed by atoms with Crippen LogP contribution in [0.3, 0.4) is 0 Å². The van der Waals surface area contributed by atoms with Crippen molar-refractivity contribution >= 4 is 17.5 Å². The molecule has 114 valence electrons. The quantitative estimate of drug-likeness (QED) is 0.661. The van der Waals surface area contributed by atoms with Crippen molar-refractivity contribution in [1.82, 2.24) is 4.98 Å². The zero-order valence-corrected chi connectivity index (χ0v) is 12.0. The molecule has 2 heterocycles. The van der Waals surface area contributed by atoms with Crippen LogP contribution in [-0.4, -0.2) is 34.1 Å². The van der Waals surface area contributed by atoms with Gasteiger partial charge < -0.3 is 10.0 Å². The molecule has 1 aliphatic heterocycles. The summed E-state index contributed by atoms with van der Waals surface area (Å²) in [5.74, 6) is 0.455. The van der Waals surface area contributed by atoms with E-state index in [4.69, 9.17) is 5.11 Å². The molecule has 0 spiro atoms. The number of aliphatic carboxylic acids is 1. The molecule has 1 saturated heterocycles. The second-order valence-corrected chi connectivity index (χ2v) is 5.39. The maximum atomic E-state index is 10.8. The second kappa shape index (κ2) is 6.51. The molecule has 0 aliphatic carbocycles. The van der Waals surface area contributed by atoms with Crippen LogP contribution in [0.25, 0.3) is 0 Å². The smallest absolute Gasteiger partial charge is 0.303 e. The number of aromatic nitrogens is 1. The summed E-state index contributed by atoms with van der Waals surface area (Å²) in [5, 5.41) is 19.5. The van der Waals surface area contributed by atoms with Gasteiger partial charge in [0, 0.05) is 25.6 Å². The van der Waals surface area contributed by atoms with Gasteiger partial charge in [0.2, 0.25) is 0 Å². The van der Waals surface area contributed by atoms with Gasteiger partial charge in [-0.25, -0.2) is 4.98 Å². The fourth-order valence-corrected chi connectivity index (χ4v) is 2.69. The van der Waals surface area contributed by atoms with E-state index >= 15 is 0 Å². The molecule has 0 unspecified atom stereocenters. The first-order valence-corrected chi connectivity index (χ1v) is 7.06. The molecule has 0 bridgehead atoms. The van der Waals surface area contributed by atoms with E-state index < -0.39 is 10.9 Å². The Hall–Kier alpha value is -2.18. The minimum atomic E-state index is -0.745. The summed E-state index contributed by atoms with van der Waals surface area (Å²) in [6.45, 7) is 3.27. The van der Waals surface area contributed by atoms with E-state index in [0.717, 1.165) is 38.2 Å². The van der Waals surface area contributed by atoms with E-state index in [-0.39, 0.29) is 12.1 Å². The van der Waals surface area contributed by atoms with Gasteiger partial charge in [-0.15, -0.1) is 0 Å². The third kappa shape index (κ3) is 3.90. The van der Waals surface area contributed by atoms with Crippen molar-refractivity contribution in [3.05, 3.63) is 27.9 Å². The van der Waals surface area contributed by atoms with E-state index in [9.17, 15) is 14.9 Å². The number of hydrogen-bond donors (Lipinski definition) is 1. The molecule has 0 radical (unpaired) electrons. The lowest BCUT2D eigenvalue weighted by Gasteiger charge is -2.32. The average Bonchev–Trinajstić information content (AvgIpc) is 2.45. The zero-order chi connectivity index (χ0) is 15.4. The third-order valence-corrected chi connectivity index (χ3v) is 3.94. The van der Waals surface area contributed by atoms with Crippen molar-refractivity contribution in [2.75, 3.05) is 18.0 Å². The minimum Gasteiger partial charge on any atom is -0.481 e. The molecule has 21 heavy (non-hydrogen) atoms. The summed E-state index contributed by atoms with van der Waals surface area (Å²) in [6, 6.07) is 3.18. The van der Waals surface area contributed by atoms with Crippen molar-refractivity contribution in [3.63, 3.8) is 0 Å². The highest BCUT2D eigenvalue weighted by Crippen LogP contribution is 2.27. The van der Waals surface area contributed by atoms with Crippen molar-refractivity contribution in [1.29, 1.82) is 0 Å². The SMILES string of the molecule is Cc1nc(N2CCC(CCC(=O)O)CC2)ccc1[N+](=O)[O-]. The van der Waals surface area contributed by atoms with Crippen LogP contribution in [-0.2, 0) is 4.79 Å². The predicted octanol–water partition coefficient (Wildman–Crippen LogP) is 2.38. The highest BCUT2D eigenvalue weighted by atomic mass is 16.6. The van der Waals surface area contributed by atoms with Gasteiger partial charge in [-0.05, 0) is 38.2 Å². The monoisotopic (exact) mass is 293 g/mol.